The minimum absolute atomic E-state index is 0.798. The summed E-state index contributed by atoms with van der Waals surface area (Å²) in [5, 5.41) is 1.32. The summed E-state index contributed by atoms with van der Waals surface area (Å²) < 4.78 is 5.52. The van der Waals surface area contributed by atoms with Crippen LogP contribution in [0.1, 0.15) is 29.1 Å². The summed E-state index contributed by atoms with van der Waals surface area (Å²) in [6.07, 6.45) is 8.54. The van der Waals surface area contributed by atoms with Gasteiger partial charge in [0.2, 0.25) is 5.95 Å². The van der Waals surface area contributed by atoms with Gasteiger partial charge in [0, 0.05) is 56.5 Å². The number of fused-ring (bicyclic) bond motifs is 3. The number of thiophene rings is 1. The van der Waals surface area contributed by atoms with Crippen molar-refractivity contribution in [1.29, 1.82) is 0 Å². The van der Waals surface area contributed by atoms with E-state index in [-0.39, 0.29) is 0 Å². The van der Waals surface area contributed by atoms with Crippen molar-refractivity contribution in [3.8, 4) is 0 Å². The van der Waals surface area contributed by atoms with Gasteiger partial charge in [-0.1, -0.05) is 0 Å². The van der Waals surface area contributed by atoms with Crippen LogP contribution in [-0.4, -0.2) is 77.3 Å². The van der Waals surface area contributed by atoms with Gasteiger partial charge in [-0.15, -0.1) is 11.3 Å². The molecule has 6 rings (SSSR count). The average Bonchev–Trinajstić information content (AvgIpc) is 3.23. The van der Waals surface area contributed by atoms with Crippen LogP contribution in [0.4, 0.5) is 11.8 Å². The summed E-state index contributed by atoms with van der Waals surface area (Å²) in [7, 11) is 0. The average molecular weight is 452 g/mol. The molecule has 0 radical (unpaired) electrons. The van der Waals surface area contributed by atoms with Crippen LogP contribution >= 0.6 is 11.3 Å². The van der Waals surface area contributed by atoms with Crippen LogP contribution < -0.4 is 9.80 Å². The lowest BCUT2D eigenvalue weighted by molar-refractivity contribution is 0.0331. The maximum Gasteiger partial charge on any atom is 0.225 e. The molecule has 2 saturated heterocycles. The maximum absolute atomic E-state index is 5.52. The van der Waals surface area contributed by atoms with Gasteiger partial charge < -0.3 is 14.5 Å². The largest absolute Gasteiger partial charge is 0.379 e. The molecule has 0 saturated carbocycles. The SMILES string of the molecule is c1cnc(N2CCN(c3nc(CN4CCOCC4)nc4sc5c(c34)CCCC5)CC2)nc1. The molecule has 5 heterocycles. The van der Waals surface area contributed by atoms with Gasteiger partial charge in [-0.25, -0.2) is 19.9 Å². The highest BCUT2D eigenvalue weighted by molar-refractivity contribution is 7.19. The molecule has 0 aromatic carbocycles. The van der Waals surface area contributed by atoms with Crippen LogP contribution in [0.25, 0.3) is 10.2 Å². The molecular formula is C23H29N7OS. The fourth-order valence-electron chi connectivity index (χ4n) is 5.01. The Balaban J connectivity index is 1.32. The lowest BCUT2D eigenvalue weighted by Gasteiger charge is -2.36. The highest BCUT2D eigenvalue weighted by Crippen LogP contribution is 2.40. The van der Waals surface area contributed by atoms with Crippen LogP contribution in [0.2, 0.25) is 0 Å². The van der Waals surface area contributed by atoms with Gasteiger partial charge in [-0.05, 0) is 37.3 Å². The lowest BCUT2D eigenvalue weighted by atomic mass is 9.97. The molecule has 1 aliphatic carbocycles. The summed E-state index contributed by atoms with van der Waals surface area (Å²) in [4.78, 5) is 29.0. The molecule has 0 bridgehead atoms. The number of hydrogen-bond acceptors (Lipinski definition) is 9. The van der Waals surface area contributed by atoms with Crippen molar-refractivity contribution in [1.82, 2.24) is 24.8 Å². The normalized spacial score (nSPS) is 20.0. The van der Waals surface area contributed by atoms with E-state index in [1.165, 1.54) is 39.9 Å². The third-order valence-electron chi connectivity index (χ3n) is 6.72. The first-order valence-corrected chi connectivity index (χ1v) is 12.5. The molecule has 2 fully saturated rings. The van der Waals surface area contributed by atoms with E-state index in [1.54, 1.807) is 0 Å². The zero-order chi connectivity index (χ0) is 21.3. The second-order valence-corrected chi connectivity index (χ2v) is 9.85. The van der Waals surface area contributed by atoms with Gasteiger partial charge in [-0.3, -0.25) is 4.90 Å². The minimum Gasteiger partial charge on any atom is -0.379 e. The third kappa shape index (κ3) is 3.93. The second kappa shape index (κ2) is 8.88. The van der Waals surface area contributed by atoms with Gasteiger partial charge in [0.1, 0.15) is 16.5 Å². The number of aryl methyl sites for hydroxylation is 2. The predicted molar refractivity (Wildman–Crippen MR) is 127 cm³/mol. The predicted octanol–water partition coefficient (Wildman–Crippen LogP) is 2.52. The monoisotopic (exact) mass is 451 g/mol. The minimum atomic E-state index is 0.798. The highest BCUT2D eigenvalue weighted by atomic mass is 32.1. The molecule has 32 heavy (non-hydrogen) atoms. The first kappa shape index (κ1) is 20.3. The van der Waals surface area contributed by atoms with Crippen molar-refractivity contribution in [2.75, 3.05) is 62.3 Å². The summed E-state index contributed by atoms with van der Waals surface area (Å²) in [6, 6.07) is 1.87. The molecule has 0 amide bonds. The van der Waals surface area contributed by atoms with Gasteiger partial charge in [0.05, 0.1) is 25.1 Å². The third-order valence-corrected chi connectivity index (χ3v) is 7.91. The number of aromatic nitrogens is 4. The Morgan fingerprint density at radius 1 is 0.875 bits per heavy atom. The molecule has 3 aliphatic rings. The van der Waals surface area contributed by atoms with E-state index in [4.69, 9.17) is 14.7 Å². The van der Waals surface area contributed by atoms with Crippen molar-refractivity contribution >= 4 is 33.3 Å². The van der Waals surface area contributed by atoms with E-state index in [1.807, 2.05) is 29.8 Å². The van der Waals surface area contributed by atoms with Gasteiger partial charge >= 0.3 is 0 Å². The zero-order valence-electron chi connectivity index (χ0n) is 18.4. The first-order valence-electron chi connectivity index (χ1n) is 11.7. The van der Waals surface area contributed by atoms with E-state index in [2.05, 4.69) is 24.7 Å². The summed E-state index contributed by atoms with van der Waals surface area (Å²) >= 11 is 1.90. The quantitative estimate of drug-likeness (QED) is 0.599. The van der Waals surface area contributed by atoms with E-state index in [0.29, 0.717) is 0 Å². The standard InChI is InChI=1S/C23H29N7OS/c1-2-5-18-17(4-1)20-21(29-8-10-30(11-9-29)23-24-6-3-7-25-23)26-19(27-22(20)32-18)16-28-12-14-31-15-13-28/h3,6-7H,1-2,4-5,8-16H2. The molecule has 9 heteroatoms. The number of nitrogens with zero attached hydrogens (tertiary/aromatic N) is 7. The molecule has 8 nitrogen and oxygen atoms in total. The van der Waals surface area contributed by atoms with Gasteiger partial charge in [0.15, 0.2) is 0 Å². The Morgan fingerprint density at radius 2 is 1.62 bits per heavy atom. The molecule has 0 N–H and O–H groups in total. The van der Waals surface area contributed by atoms with Crippen molar-refractivity contribution < 1.29 is 4.74 Å². The topological polar surface area (TPSA) is 70.5 Å². The Morgan fingerprint density at radius 3 is 2.44 bits per heavy atom. The molecule has 0 spiro atoms. The van der Waals surface area contributed by atoms with E-state index in [0.717, 1.165) is 83.0 Å². The van der Waals surface area contributed by atoms with E-state index in [9.17, 15) is 0 Å². The van der Waals surface area contributed by atoms with Crippen LogP contribution in [0, 0.1) is 0 Å². The zero-order valence-corrected chi connectivity index (χ0v) is 19.2. The molecular weight excluding hydrogens is 422 g/mol. The van der Waals surface area contributed by atoms with Crippen molar-refractivity contribution in [2.45, 2.75) is 32.2 Å². The number of anilines is 2. The van der Waals surface area contributed by atoms with Crippen LogP contribution in [-0.2, 0) is 24.1 Å². The number of morpholine rings is 1. The maximum atomic E-state index is 5.52. The van der Waals surface area contributed by atoms with Crippen molar-refractivity contribution in [3.05, 3.63) is 34.7 Å². The molecule has 0 atom stereocenters. The van der Waals surface area contributed by atoms with Crippen LogP contribution in [0.5, 0.6) is 0 Å². The van der Waals surface area contributed by atoms with Crippen LogP contribution in [0.15, 0.2) is 18.5 Å². The summed E-state index contributed by atoms with van der Waals surface area (Å²) in [6.45, 7) is 7.95. The smallest absolute Gasteiger partial charge is 0.225 e. The number of ether oxygens (including phenoxy) is 1. The Labute approximate surface area is 192 Å². The highest BCUT2D eigenvalue weighted by Gasteiger charge is 2.27. The number of hydrogen-bond donors (Lipinski definition) is 0. The van der Waals surface area contributed by atoms with E-state index >= 15 is 0 Å². The van der Waals surface area contributed by atoms with Crippen molar-refractivity contribution in [2.24, 2.45) is 0 Å². The Hall–Kier alpha value is -2.36. The summed E-state index contributed by atoms with van der Waals surface area (Å²) in [5.74, 6) is 2.91. The molecule has 168 valence electrons. The molecule has 2 aliphatic heterocycles. The molecule has 0 unspecified atom stereocenters. The Kier molecular flexibility index (Phi) is 5.62. The number of rotatable bonds is 4. The van der Waals surface area contributed by atoms with Gasteiger partial charge in [-0.2, -0.15) is 0 Å². The number of piperazine rings is 1. The van der Waals surface area contributed by atoms with Gasteiger partial charge in [0.25, 0.3) is 0 Å². The van der Waals surface area contributed by atoms with Crippen LogP contribution in [0.3, 0.4) is 0 Å². The second-order valence-electron chi connectivity index (χ2n) is 8.77. The molecule has 3 aromatic rings. The van der Waals surface area contributed by atoms with Crippen molar-refractivity contribution in [3.63, 3.8) is 0 Å². The van der Waals surface area contributed by atoms with E-state index < -0.39 is 0 Å². The fourth-order valence-corrected chi connectivity index (χ4v) is 6.29. The molecule has 3 aromatic heterocycles. The first-order chi connectivity index (χ1) is 15.8. The Bertz CT molecular complexity index is 1070. The lowest BCUT2D eigenvalue weighted by Crippen LogP contribution is -2.47. The summed E-state index contributed by atoms with van der Waals surface area (Å²) in [5.41, 5.74) is 1.51. The fraction of sp³-hybridized carbons (Fsp3) is 0.565.